The lowest BCUT2D eigenvalue weighted by molar-refractivity contribution is -0.153. The van der Waals surface area contributed by atoms with Crippen molar-refractivity contribution in [1.29, 1.82) is 0 Å². The number of nitrogens with two attached hydrogens (primary N) is 1. The van der Waals surface area contributed by atoms with Crippen LogP contribution in [0.4, 0.5) is 5.82 Å². The highest BCUT2D eigenvalue weighted by Gasteiger charge is 2.46. The van der Waals surface area contributed by atoms with Gasteiger partial charge in [-0.1, -0.05) is 0 Å². The molecule has 1 fully saturated rings. The number of aromatic nitrogens is 2. The summed E-state index contributed by atoms with van der Waals surface area (Å²) in [5.74, 6) is -0.589. The largest absolute Gasteiger partial charge is 0.457 e. The fourth-order valence-electron chi connectivity index (χ4n) is 2.05. The van der Waals surface area contributed by atoms with E-state index < -0.39 is 42.8 Å². The van der Waals surface area contributed by atoms with Crippen LogP contribution >= 0.6 is 0 Å². The molecule has 0 spiro atoms. The summed E-state index contributed by atoms with van der Waals surface area (Å²) in [5, 5.41) is 19.3. The average Bonchev–Trinajstić information content (AvgIpc) is 2.67. The molecule has 0 amide bonds. The molecular formula is C11H15N3O6. The summed E-state index contributed by atoms with van der Waals surface area (Å²) in [6, 6.07) is 1.37. The van der Waals surface area contributed by atoms with Crippen molar-refractivity contribution in [3.8, 4) is 0 Å². The zero-order valence-electron chi connectivity index (χ0n) is 10.7. The van der Waals surface area contributed by atoms with Crippen molar-refractivity contribution in [2.45, 2.75) is 31.5 Å². The van der Waals surface area contributed by atoms with Gasteiger partial charge in [0.15, 0.2) is 12.3 Å². The number of ether oxygens (including phenoxy) is 2. The number of carbonyl (C=O) groups is 1. The van der Waals surface area contributed by atoms with Gasteiger partial charge in [0.25, 0.3) is 0 Å². The third-order valence-electron chi connectivity index (χ3n) is 2.92. The second-order valence-electron chi connectivity index (χ2n) is 4.35. The molecule has 20 heavy (non-hydrogen) atoms. The van der Waals surface area contributed by atoms with Crippen LogP contribution in [0.25, 0.3) is 0 Å². The van der Waals surface area contributed by atoms with Crippen molar-refractivity contribution in [2.75, 3.05) is 12.3 Å². The van der Waals surface area contributed by atoms with Gasteiger partial charge in [0, 0.05) is 13.1 Å². The highest BCUT2D eigenvalue weighted by Crippen LogP contribution is 2.30. The first-order valence-corrected chi connectivity index (χ1v) is 5.90. The van der Waals surface area contributed by atoms with Crippen molar-refractivity contribution in [3.05, 3.63) is 22.7 Å². The van der Waals surface area contributed by atoms with Gasteiger partial charge in [-0.05, 0) is 6.07 Å². The Morgan fingerprint density at radius 2 is 2.35 bits per heavy atom. The second kappa shape index (κ2) is 5.57. The molecular weight excluding hydrogens is 270 g/mol. The maximum absolute atomic E-state index is 11.7. The van der Waals surface area contributed by atoms with Gasteiger partial charge in [0.05, 0.1) is 6.61 Å². The molecule has 0 unspecified atom stereocenters. The molecule has 0 aromatic carbocycles. The molecule has 1 aliphatic heterocycles. The van der Waals surface area contributed by atoms with Crippen LogP contribution in [-0.2, 0) is 14.3 Å². The highest BCUT2D eigenvalue weighted by molar-refractivity contribution is 5.66. The van der Waals surface area contributed by atoms with E-state index in [0.29, 0.717) is 0 Å². The maximum Gasteiger partial charge on any atom is 0.351 e. The van der Waals surface area contributed by atoms with E-state index in [-0.39, 0.29) is 5.82 Å². The third-order valence-corrected chi connectivity index (χ3v) is 2.92. The van der Waals surface area contributed by atoms with Gasteiger partial charge in [-0.2, -0.15) is 4.98 Å². The zero-order valence-corrected chi connectivity index (χ0v) is 10.7. The van der Waals surface area contributed by atoms with E-state index in [9.17, 15) is 19.8 Å². The third kappa shape index (κ3) is 2.64. The average molecular weight is 285 g/mol. The summed E-state index contributed by atoms with van der Waals surface area (Å²) in [6.45, 7) is 0.702. The number of nitrogens with zero attached hydrogens (tertiary/aromatic N) is 2. The predicted octanol–water partition coefficient (Wildman–Crippen LogP) is -1.99. The number of esters is 1. The van der Waals surface area contributed by atoms with E-state index >= 15 is 0 Å². The molecule has 1 aromatic rings. The molecule has 9 heteroatoms. The number of hydrogen-bond acceptors (Lipinski definition) is 8. The molecule has 1 saturated heterocycles. The molecule has 110 valence electrons. The van der Waals surface area contributed by atoms with Crippen LogP contribution in [0, 0.1) is 0 Å². The number of nitrogen functional groups attached to an aromatic ring is 1. The molecule has 0 radical (unpaired) electrons. The summed E-state index contributed by atoms with van der Waals surface area (Å²) < 4.78 is 11.3. The van der Waals surface area contributed by atoms with Crippen molar-refractivity contribution < 1.29 is 24.5 Å². The number of hydrogen-bond donors (Lipinski definition) is 3. The van der Waals surface area contributed by atoms with Crippen molar-refractivity contribution in [1.82, 2.24) is 9.55 Å². The summed E-state index contributed by atoms with van der Waals surface area (Å²) >= 11 is 0. The standard InChI is InChI=1S/C11H15N3O6/c1-5(16)19-9-6(4-15)20-10(8(9)17)14-3-2-7(12)13-11(14)18/h2-3,6,8-10,15,17H,4H2,1H3,(H2,12,13,18)/t6-,8-,9-,10-/m1/s1. The first-order chi connectivity index (χ1) is 9.43. The van der Waals surface area contributed by atoms with Crippen LogP contribution in [0.3, 0.4) is 0 Å². The molecule has 0 saturated carbocycles. The van der Waals surface area contributed by atoms with E-state index in [1.807, 2.05) is 0 Å². The molecule has 4 atom stereocenters. The minimum absolute atomic E-state index is 0.0361. The lowest BCUT2D eigenvalue weighted by Crippen LogP contribution is -2.38. The molecule has 1 aliphatic rings. The number of rotatable bonds is 3. The molecule has 4 N–H and O–H groups in total. The van der Waals surface area contributed by atoms with Gasteiger partial charge in [0.1, 0.15) is 18.0 Å². The molecule has 2 heterocycles. The number of carbonyl (C=O) groups excluding carboxylic acids is 1. The quantitative estimate of drug-likeness (QED) is 0.543. The minimum atomic E-state index is -1.31. The van der Waals surface area contributed by atoms with Crippen LogP contribution < -0.4 is 11.4 Å². The van der Waals surface area contributed by atoms with Crippen LogP contribution in [0.2, 0.25) is 0 Å². The monoisotopic (exact) mass is 285 g/mol. The van der Waals surface area contributed by atoms with E-state index in [1.165, 1.54) is 19.2 Å². The molecule has 2 rings (SSSR count). The van der Waals surface area contributed by atoms with Gasteiger partial charge in [-0.25, -0.2) is 4.79 Å². The number of anilines is 1. The Morgan fingerprint density at radius 1 is 1.65 bits per heavy atom. The Morgan fingerprint density at radius 3 is 2.90 bits per heavy atom. The zero-order chi connectivity index (χ0) is 14.9. The smallest absolute Gasteiger partial charge is 0.351 e. The van der Waals surface area contributed by atoms with Crippen molar-refractivity contribution in [2.24, 2.45) is 0 Å². The second-order valence-corrected chi connectivity index (χ2v) is 4.35. The summed E-state index contributed by atoms with van der Waals surface area (Å²) in [4.78, 5) is 26.2. The Hall–Kier alpha value is -1.97. The molecule has 0 bridgehead atoms. The lowest BCUT2D eigenvalue weighted by Gasteiger charge is -2.19. The van der Waals surface area contributed by atoms with E-state index in [0.717, 1.165) is 4.57 Å². The Bertz CT molecular complexity index is 559. The van der Waals surface area contributed by atoms with Crippen LogP contribution in [0.5, 0.6) is 0 Å². The fourth-order valence-corrected chi connectivity index (χ4v) is 2.05. The summed E-state index contributed by atoms with van der Waals surface area (Å²) in [6.07, 6.45) is -3.10. The van der Waals surface area contributed by atoms with Gasteiger partial charge >= 0.3 is 11.7 Å². The molecule has 0 aliphatic carbocycles. The lowest BCUT2D eigenvalue weighted by atomic mass is 10.1. The first kappa shape index (κ1) is 14.4. The van der Waals surface area contributed by atoms with Gasteiger partial charge in [-0.3, -0.25) is 9.36 Å². The summed E-state index contributed by atoms with van der Waals surface area (Å²) in [7, 11) is 0. The SMILES string of the molecule is CC(=O)O[C@H]1[C@@H](O)[C@H](n2ccc(N)nc2=O)O[C@@H]1CO. The molecule has 1 aromatic heterocycles. The van der Waals surface area contributed by atoms with Crippen molar-refractivity contribution >= 4 is 11.8 Å². The number of aliphatic hydroxyl groups is 2. The van der Waals surface area contributed by atoms with Gasteiger partial charge < -0.3 is 25.4 Å². The van der Waals surface area contributed by atoms with Gasteiger partial charge in [-0.15, -0.1) is 0 Å². The topological polar surface area (TPSA) is 137 Å². The van der Waals surface area contributed by atoms with Crippen LogP contribution in [0.1, 0.15) is 13.2 Å². The Labute approximate surface area is 113 Å². The fraction of sp³-hybridized carbons (Fsp3) is 0.545. The maximum atomic E-state index is 11.7. The Balaban J connectivity index is 2.29. The normalized spacial score (nSPS) is 29.4. The molecule has 9 nitrogen and oxygen atoms in total. The van der Waals surface area contributed by atoms with E-state index in [1.54, 1.807) is 0 Å². The van der Waals surface area contributed by atoms with Crippen LogP contribution in [0.15, 0.2) is 17.1 Å². The van der Waals surface area contributed by atoms with E-state index in [2.05, 4.69) is 4.98 Å². The first-order valence-electron chi connectivity index (χ1n) is 5.90. The highest BCUT2D eigenvalue weighted by atomic mass is 16.6. The summed E-state index contributed by atoms with van der Waals surface area (Å²) in [5.41, 5.74) is 4.66. The predicted molar refractivity (Wildman–Crippen MR) is 65.5 cm³/mol. The van der Waals surface area contributed by atoms with Crippen LogP contribution in [-0.4, -0.2) is 50.7 Å². The number of aliphatic hydroxyl groups excluding tert-OH is 2. The van der Waals surface area contributed by atoms with Crippen molar-refractivity contribution in [3.63, 3.8) is 0 Å². The Kier molecular flexibility index (Phi) is 4.02. The van der Waals surface area contributed by atoms with E-state index in [4.69, 9.17) is 15.2 Å². The minimum Gasteiger partial charge on any atom is -0.457 e. The van der Waals surface area contributed by atoms with Gasteiger partial charge in [0.2, 0.25) is 0 Å².